The number of aromatic carboxylic acids is 1. The second kappa shape index (κ2) is 4.66. The predicted molar refractivity (Wildman–Crippen MR) is 75.8 cm³/mol. The number of fused-ring (bicyclic) bond motifs is 1. The van der Waals surface area contributed by atoms with Crippen LogP contribution < -0.4 is 5.32 Å². The monoisotopic (exact) mass is 265 g/mol. The molecule has 0 amide bonds. The Morgan fingerprint density at radius 1 is 1.05 bits per heavy atom. The maximum Gasteiger partial charge on any atom is 0.336 e. The number of carbonyl (C=O) groups is 2. The molecule has 0 bridgehead atoms. The first-order chi connectivity index (χ1) is 9.66. The lowest BCUT2D eigenvalue weighted by molar-refractivity contribution is 0.0696. The van der Waals surface area contributed by atoms with Gasteiger partial charge in [-0.25, -0.2) is 4.79 Å². The lowest BCUT2D eigenvalue weighted by Gasteiger charge is -2.02. The molecule has 0 saturated carbocycles. The third-order valence-corrected chi connectivity index (χ3v) is 3.18. The number of carbonyl (C=O) groups excluding carboxylic acids is 1. The van der Waals surface area contributed by atoms with Gasteiger partial charge < -0.3 is 10.4 Å². The van der Waals surface area contributed by atoms with Crippen LogP contribution >= 0.6 is 0 Å². The fourth-order valence-corrected chi connectivity index (χ4v) is 2.21. The van der Waals surface area contributed by atoms with Crippen LogP contribution in [0.1, 0.15) is 26.3 Å². The molecule has 1 aliphatic rings. The van der Waals surface area contributed by atoms with Gasteiger partial charge in [-0.3, -0.25) is 4.79 Å². The maximum atomic E-state index is 12.2. The molecule has 20 heavy (non-hydrogen) atoms. The molecule has 0 saturated heterocycles. The maximum absolute atomic E-state index is 12.2. The van der Waals surface area contributed by atoms with Gasteiger partial charge in [0.15, 0.2) is 0 Å². The summed E-state index contributed by atoms with van der Waals surface area (Å²) in [6, 6.07) is 13.8. The molecule has 0 radical (unpaired) electrons. The molecule has 0 atom stereocenters. The van der Waals surface area contributed by atoms with Gasteiger partial charge in [0.05, 0.1) is 11.3 Å². The van der Waals surface area contributed by atoms with Crippen LogP contribution in [0.3, 0.4) is 0 Å². The van der Waals surface area contributed by atoms with Gasteiger partial charge in [-0.2, -0.15) is 0 Å². The van der Waals surface area contributed by atoms with Gasteiger partial charge in [-0.1, -0.05) is 30.3 Å². The number of carboxylic acid groups (broad SMARTS) is 1. The van der Waals surface area contributed by atoms with Crippen LogP contribution in [0.5, 0.6) is 0 Å². The normalized spacial score (nSPS) is 15.0. The van der Waals surface area contributed by atoms with E-state index in [2.05, 4.69) is 5.32 Å². The summed E-state index contributed by atoms with van der Waals surface area (Å²) in [5, 5.41) is 12.2. The molecule has 4 heteroatoms. The van der Waals surface area contributed by atoms with Crippen molar-refractivity contribution in [3.8, 4) is 0 Å². The molecule has 1 heterocycles. The average Bonchev–Trinajstić information content (AvgIpc) is 2.76. The van der Waals surface area contributed by atoms with Gasteiger partial charge in [0, 0.05) is 11.3 Å². The third-order valence-electron chi connectivity index (χ3n) is 3.18. The predicted octanol–water partition coefficient (Wildman–Crippen LogP) is 3.03. The molecular weight excluding hydrogens is 254 g/mol. The summed E-state index contributed by atoms with van der Waals surface area (Å²) in [7, 11) is 0. The first kappa shape index (κ1) is 12.2. The number of carboxylic acids is 1. The molecule has 2 N–H and O–H groups in total. The first-order valence-electron chi connectivity index (χ1n) is 6.11. The van der Waals surface area contributed by atoms with Gasteiger partial charge in [-0.15, -0.1) is 0 Å². The standard InChI is InChI=1S/C16H11NO3/c18-15-12-7-3-4-8-13(12)17-14(15)9-10-5-1-2-6-11(10)16(19)20/h1-9,17H,(H,19,20)/b14-9+. The van der Waals surface area contributed by atoms with Crippen LogP contribution in [-0.4, -0.2) is 16.9 Å². The van der Waals surface area contributed by atoms with E-state index in [4.69, 9.17) is 5.11 Å². The van der Waals surface area contributed by atoms with Crippen LogP contribution in [0.2, 0.25) is 0 Å². The second-order valence-corrected chi connectivity index (χ2v) is 4.45. The molecule has 0 aromatic heterocycles. The smallest absolute Gasteiger partial charge is 0.336 e. The Balaban J connectivity index is 2.04. The number of hydrogen-bond donors (Lipinski definition) is 2. The first-order valence-corrected chi connectivity index (χ1v) is 6.11. The van der Waals surface area contributed by atoms with E-state index < -0.39 is 5.97 Å². The zero-order valence-electron chi connectivity index (χ0n) is 10.5. The van der Waals surface area contributed by atoms with E-state index in [1.165, 1.54) is 6.07 Å². The van der Waals surface area contributed by atoms with Crippen molar-refractivity contribution in [2.75, 3.05) is 5.32 Å². The summed E-state index contributed by atoms with van der Waals surface area (Å²) in [4.78, 5) is 23.4. The van der Waals surface area contributed by atoms with Crippen molar-refractivity contribution in [2.24, 2.45) is 0 Å². The van der Waals surface area contributed by atoms with E-state index in [0.29, 0.717) is 16.8 Å². The molecule has 2 aromatic carbocycles. The molecule has 0 spiro atoms. The Hall–Kier alpha value is -2.88. The minimum Gasteiger partial charge on any atom is -0.478 e. The number of nitrogens with one attached hydrogen (secondary N) is 1. The highest BCUT2D eigenvalue weighted by Gasteiger charge is 2.24. The van der Waals surface area contributed by atoms with Gasteiger partial charge >= 0.3 is 5.97 Å². The summed E-state index contributed by atoms with van der Waals surface area (Å²) >= 11 is 0. The third kappa shape index (κ3) is 1.97. The topological polar surface area (TPSA) is 66.4 Å². The Morgan fingerprint density at radius 2 is 1.75 bits per heavy atom. The van der Waals surface area contributed by atoms with E-state index in [9.17, 15) is 9.59 Å². The van der Waals surface area contributed by atoms with Crippen LogP contribution in [0, 0.1) is 0 Å². The van der Waals surface area contributed by atoms with E-state index >= 15 is 0 Å². The van der Waals surface area contributed by atoms with Crippen LogP contribution in [0.4, 0.5) is 5.69 Å². The van der Waals surface area contributed by atoms with Crippen molar-refractivity contribution in [1.29, 1.82) is 0 Å². The van der Waals surface area contributed by atoms with Gasteiger partial charge in [0.25, 0.3) is 0 Å². The van der Waals surface area contributed by atoms with E-state index in [0.717, 1.165) is 5.69 Å². The molecule has 1 aliphatic heterocycles. The molecule has 4 nitrogen and oxygen atoms in total. The number of para-hydroxylation sites is 1. The van der Waals surface area contributed by atoms with Gasteiger partial charge in [0.1, 0.15) is 0 Å². The van der Waals surface area contributed by atoms with E-state index in [-0.39, 0.29) is 11.3 Å². The highest BCUT2D eigenvalue weighted by atomic mass is 16.4. The average molecular weight is 265 g/mol. The number of ketones is 1. The fourth-order valence-electron chi connectivity index (χ4n) is 2.21. The van der Waals surface area contributed by atoms with Crippen molar-refractivity contribution < 1.29 is 14.7 Å². The molecule has 3 rings (SSSR count). The number of Topliss-reactive ketones (excluding diaryl/α,β-unsaturated/α-hetero) is 1. The van der Waals surface area contributed by atoms with Crippen molar-refractivity contribution in [3.63, 3.8) is 0 Å². The lowest BCUT2D eigenvalue weighted by atomic mass is 10.0. The minimum absolute atomic E-state index is 0.124. The SMILES string of the molecule is O=C(O)c1ccccc1/C=C1/Nc2ccccc2C1=O. The Kier molecular flexibility index (Phi) is 2.84. The van der Waals surface area contributed by atoms with Crippen LogP contribution in [0.25, 0.3) is 6.08 Å². The van der Waals surface area contributed by atoms with E-state index in [1.54, 1.807) is 36.4 Å². The molecule has 2 aromatic rings. The number of allylic oxidation sites excluding steroid dienone is 1. The summed E-state index contributed by atoms with van der Waals surface area (Å²) < 4.78 is 0. The van der Waals surface area contributed by atoms with Gasteiger partial charge in [0.2, 0.25) is 5.78 Å². The molecule has 0 unspecified atom stereocenters. The quantitative estimate of drug-likeness (QED) is 0.819. The molecular formula is C16H11NO3. The number of rotatable bonds is 2. The minimum atomic E-state index is -1.01. The van der Waals surface area contributed by atoms with Crippen LogP contribution in [0.15, 0.2) is 54.2 Å². The van der Waals surface area contributed by atoms with Crippen molar-refractivity contribution in [1.82, 2.24) is 0 Å². The highest BCUT2D eigenvalue weighted by Crippen LogP contribution is 2.29. The summed E-state index contributed by atoms with van der Waals surface area (Å²) in [6.45, 7) is 0. The second-order valence-electron chi connectivity index (χ2n) is 4.45. The highest BCUT2D eigenvalue weighted by molar-refractivity contribution is 6.20. The fraction of sp³-hybridized carbons (Fsp3) is 0. The van der Waals surface area contributed by atoms with Crippen molar-refractivity contribution in [3.05, 3.63) is 70.9 Å². The van der Waals surface area contributed by atoms with Crippen molar-refractivity contribution in [2.45, 2.75) is 0 Å². The lowest BCUT2D eigenvalue weighted by Crippen LogP contribution is -2.03. The molecule has 0 fully saturated rings. The zero-order valence-corrected chi connectivity index (χ0v) is 10.5. The van der Waals surface area contributed by atoms with E-state index in [1.807, 2.05) is 12.1 Å². The van der Waals surface area contributed by atoms with Crippen LogP contribution in [-0.2, 0) is 0 Å². The van der Waals surface area contributed by atoms with Gasteiger partial charge in [-0.05, 0) is 29.8 Å². The summed E-state index contributed by atoms with van der Waals surface area (Å²) in [5.74, 6) is -1.14. The molecule has 0 aliphatic carbocycles. The number of hydrogen-bond acceptors (Lipinski definition) is 3. The Labute approximate surface area is 115 Å². The van der Waals surface area contributed by atoms with Crippen molar-refractivity contribution >= 4 is 23.5 Å². The summed E-state index contributed by atoms with van der Waals surface area (Å²) in [6.07, 6.45) is 1.58. The Bertz CT molecular complexity index is 747. The number of anilines is 1. The summed E-state index contributed by atoms with van der Waals surface area (Å²) in [5.41, 5.74) is 2.41. The Morgan fingerprint density at radius 3 is 2.50 bits per heavy atom. The molecule has 98 valence electrons. The largest absolute Gasteiger partial charge is 0.478 e. The zero-order chi connectivity index (χ0) is 14.1. The number of benzene rings is 2.